The minimum absolute atomic E-state index is 0.379. The fourth-order valence-corrected chi connectivity index (χ4v) is 3.44. The molecule has 1 atom stereocenters. The molecule has 1 heterocycles. The summed E-state index contributed by atoms with van der Waals surface area (Å²) in [6.07, 6.45) is 0. The van der Waals surface area contributed by atoms with Crippen LogP contribution in [-0.4, -0.2) is 32.2 Å². The van der Waals surface area contributed by atoms with E-state index in [-0.39, 0.29) is 5.91 Å². The second kappa shape index (κ2) is 8.45. The first-order valence-corrected chi connectivity index (χ1v) is 9.21. The molecule has 134 valence electrons. The van der Waals surface area contributed by atoms with Crippen LogP contribution >= 0.6 is 46.6 Å². The highest BCUT2D eigenvalue weighted by molar-refractivity contribution is 8.00. The summed E-state index contributed by atoms with van der Waals surface area (Å²) in [6.45, 7) is 3.69. The third kappa shape index (κ3) is 5.92. The maximum Gasteiger partial charge on any atom is 0.252 e. The Balaban J connectivity index is 2.18. The highest BCUT2D eigenvalue weighted by Crippen LogP contribution is 2.38. The van der Waals surface area contributed by atoms with Crippen molar-refractivity contribution in [3.63, 3.8) is 0 Å². The van der Waals surface area contributed by atoms with Gasteiger partial charge in [0.05, 0.1) is 7.11 Å². The van der Waals surface area contributed by atoms with Crippen LogP contribution in [0.1, 0.15) is 21.7 Å². The fraction of sp³-hybridized carbons (Fsp3) is 0.312. The van der Waals surface area contributed by atoms with Gasteiger partial charge in [-0.3, -0.25) is 4.79 Å². The van der Waals surface area contributed by atoms with Gasteiger partial charge in [0.2, 0.25) is 3.79 Å². The number of amides is 1. The molecular weight excluding hydrogens is 405 g/mol. The number of aromatic nitrogens is 2. The van der Waals surface area contributed by atoms with Crippen molar-refractivity contribution < 1.29 is 9.53 Å². The van der Waals surface area contributed by atoms with Crippen LogP contribution in [0.3, 0.4) is 0 Å². The Bertz CT molecular complexity index is 731. The van der Waals surface area contributed by atoms with E-state index in [2.05, 4.69) is 15.3 Å². The zero-order valence-electron chi connectivity index (χ0n) is 13.7. The molecule has 0 aliphatic heterocycles. The molecule has 1 aromatic carbocycles. The van der Waals surface area contributed by atoms with Crippen molar-refractivity contribution >= 4 is 52.5 Å². The molecule has 1 aromatic heterocycles. The Morgan fingerprint density at radius 2 is 1.72 bits per heavy atom. The fourth-order valence-electron chi connectivity index (χ4n) is 1.97. The van der Waals surface area contributed by atoms with E-state index in [1.54, 1.807) is 31.4 Å². The lowest BCUT2D eigenvalue weighted by Crippen LogP contribution is -2.41. The number of hydrogen-bond donors (Lipinski definition) is 1. The quantitative estimate of drug-likeness (QED) is 0.338. The molecule has 1 N–H and O–H groups in total. The van der Waals surface area contributed by atoms with Crippen molar-refractivity contribution in [2.75, 3.05) is 7.11 Å². The van der Waals surface area contributed by atoms with Gasteiger partial charge in [-0.15, -0.1) is 0 Å². The molecule has 5 nitrogen and oxygen atoms in total. The topological polar surface area (TPSA) is 64.1 Å². The summed E-state index contributed by atoms with van der Waals surface area (Å²) in [5.41, 5.74) is 2.00. The molecule has 0 saturated carbocycles. The zero-order valence-corrected chi connectivity index (χ0v) is 16.8. The average molecular weight is 421 g/mol. The Kier molecular flexibility index (Phi) is 6.79. The Hall–Kier alpha value is -1.21. The first-order valence-electron chi connectivity index (χ1n) is 7.19. The van der Waals surface area contributed by atoms with Crippen molar-refractivity contribution in [3.8, 4) is 5.75 Å². The molecular formula is C16H16Cl3N3O2S. The lowest BCUT2D eigenvalue weighted by molar-refractivity contribution is 0.0950. The number of benzene rings is 1. The van der Waals surface area contributed by atoms with Crippen LogP contribution in [0.15, 0.2) is 35.5 Å². The highest BCUT2D eigenvalue weighted by atomic mass is 35.6. The molecule has 9 heteroatoms. The summed E-state index contributed by atoms with van der Waals surface area (Å²) < 4.78 is 3.33. The molecule has 0 fully saturated rings. The maximum absolute atomic E-state index is 12.4. The van der Waals surface area contributed by atoms with Gasteiger partial charge in [-0.25, -0.2) is 9.97 Å². The summed E-state index contributed by atoms with van der Waals surface area (Å²) in [5, 5.41) is 2.26. The van der Waals surface area contributed by atoms with Crippen LogP contribution < -0.4 is 10.1 Å². The number of carbonyl (C=O) groups excluding carboxylic acids is 1. The molecule has 0 aliphatic rings. The number of thioether (sulfide) groups is 1. The summed E-state index contributed by atoms with van der Waals surface area (Å²) in [5.74, 6) is 0.267. The molecule has 2 rings (SSSR count). The first-order chi connectivity index (χ1) is 11.7. The standard InChI is InChI=1S/C16H16Cl3N3O2S/c1-9-8-10(2)21-15(20-9)25-14(16(17,18)19)22-13(23)11-4-6-12(24-3)7-5-11/h4-8,14H,1-3H3,(H,22,23). The SMILES string of the molecule is COc1ccc(C(=O)NC(Sc2nc(C)cc(C)n2)C(Cl)(Cl)Cl)cc1. The van der Waals surface area contributed by atoms with Crippen molar-refractivity contribution in [3.05, 3.63) is 47.3 Å². The third-order valence-electron chi connectivity index (χ3n) is 3.10. The summed E-state index contributed by atoms with van der Waals surface area (Å²) in [4.78, 5) is 21.0. The third-order valence-corrected chi connectivity index (χ3v) is 5.24. The van der Waals surface area contributed by atoms with Gasteiger partial charge in [-0.05, 0) is 44.2 Å². The van der Waals surface area contributed by atoms with E-state index in [0.29, 0.717) is 16.5 Å². The molecule has 1 unspecified atom stereocenters. The number of nitrogens with one attached hydrogen (secondary N) is 1. The van der Waals surface area contributed by atoms with E-state index in [1.165, 1.54) is 0 Å². The molecule has 0 radical (unpaired) electrons. The normalized spacial score (nSPS) is 12.6. The number of hydrogen-bond acceptors (Lipinski definition) is 5. The number of rotatable bonds is 5. The second-order valence-electron chi connectivity index (χ2n) is 5.17. The average Bonchev–Trinajstić information content (AvgIpc) is 2.52. The van der Waals surface area contributed by atoms with Gasteiger partial charge in [0.1, 0.15) is 11.1 Å². The van der Waals surface area contributed by atoms with Gasteiger partial charge in [0.15, 0.2) is 5.16 Å². The van der Waals surface area contributed by atoms with Crippen LogP contribution in [0.25, 0.3) is 0 Å². The minimum Gasteiger partial charge on any atom is -0.497 e. The Labute approximate surface area is 165 Å². The maximum atomic E-state index is 12.4. The summed E-state index contributed by atoms with van der Waals surface area (Å²) in [6, 6.07) is 8.45. The lowest BCUT2D eigenvalue weighted by atomic mass is 10.2. The van der Waals surface area contributed by atoms with E-state index in [9.17, 15) is 4.79 Å². The van der Waals surface area contributed by atoms with Gasteiger partial charge in [0, 0.05) is 17.0 Å². The van der Waals surface area contributed by atoms with Crippen LogP contribution in [-0.2, 0) is 0 Å². The van der Waals surface area contributed by atoms with Crippen molar-refractivity contribution in [2.24, 2.45) is 0 Å². The smallest absolute Gasteiger partial charge is 0.252 e. The molecule has 25 heavy (non-hydrogen) atoms. The largest absolute Gasteiger partial charge is 0.497 e. The summed E-state index contributed by atoms with van der Waals surface area (Å²) in [7, 11) is 1.55. The molecule has 0 spiro atoms. The summed E-state index contributed by atoms with van der Waals surface area (Å²) >= 11 is 19.2. The first kappa shape index (κ1) is 20.1. The second-order valence-corrected chi connectivity index (χ2v) is 8.62. The minimum atomic E-state index is -1.74. The van der Waals surface area contributed by atoms with Gasteiger partial charge in [-0.1, -0.05) is 46.6 Å². The molecule has 0 bridgehead atoms. The Morgan fingerprint density at radius 3 is 2.20 bits per heavy atom. The number of methoxy groups -OCH3 is 1. The predicted molar refractivity (Wildman–Crippen MR) is 102 cm³/mol. The predicted octanol–water partition coefficient (Wildman–Crippen LogP) is 4.32. The monoisotopic (exact) mass is 419 g/mol. The van der Waals surface area contributed by atoms with Crippen molar-refractivity contribution in [1.82, 2.24) is 15.3 Å². The number of aryl methyl sites for hydroxylation is 2. The molecule has 1 amide bonds. The highest BCUT2D eigenvalue weighted by Gasteiger charge is 2.36. The van der Waals surface area contributed by atoms with Crippen LogP contribution in [0.5, 0.6) is 5.75 Å². The van der Waals surface area contributed by atoms with Gasteiger partial charge >= 0.3 is 0 Å². The van der Waals surface area contributed by atoms with Crippen LogP contribution in [0.4, 0.5) is 0 Å². The number of carbonyl (C=O) groups is 1. The zero-order chi connectivity index (χ0) is 18.6. The molecule has 2 aromatic rings. The molecule has 0 aliphatic carbocycles. The van der Waals surface area contributed by atoms with E-state index >= 15 is 0 Å². The Morgan fingerprint density at radius 1 is 1.16 bits per heavy atom. The van der Waals surface area contributed by atoms with E-state index in [4.69, 9.17) is 39.5 Å². The van der Waals surface area contributed by atoms with Gasteiger partial charge in [-0.2, -0.15) is 0 Å². The number of ether oxygens (including phenoxy) is 1. The van der Waals surface area contributed by atoms with Gasteiger partial charge in [0.25, 0.3) is 5.91 Å². The molecule has 0 saturated heterocycles. The van der Waals surface area contributed by atoms with Crippen molar-refractivity contribution in [2.45, 2.75) is 28.2 Å². The van der Waals surface area contributed by atoms with Crippen LogP contribution in [0.2, 0.25) is 0 Å². The van der Waals surface area contributed by atoms with E-state index in [0.717, 1.165) is 23.1 Å². The number of halogens is 3. The lowest BCUT2D eigenvalue weighted by Gasteiger charge is -2.24. The van der Waals surface area contributed by atoms with E-state index in [1.807, 2.05) is 19.9 Å². The van der Waals surface area contributed by atoms with E-state index < -0.39 is 9.17 Å². The van der Waals surface area contributed by atoms with Gasteiger partial charge < -0.3 is 10.1 Å². The number of alkyl halides is 3. The van der Waals surface area contributed by atoms with Crippen LogP contribution in [0, 0.1) is 13.8 Å². The number of nitrogens with zero attached hydrogens (tertiary/aromatic N) is 2. The van der Waals surface area contributed by atoms with Crippen molar-refractivity contribution in [1.29, 1.82) is 0 Å².